The number of ketones is 1. The highest BCUT2D eigenvalue weighted by atomic mass is 16.5. The minimum Gasteiger partial charge on any atom is -0.493 e. The number of benzene rings is 2. The van der Waals surface area contributed by atoms with Crippen LogP contribution in [0, 0.1) is 0 Å². The van der Waals surface area contributed by atoms with Gasteiger partial charge in [-0.05, 0) is 39.1 Å². The second-order valence-electron chi connectivity index (χ2n) is 6.37. The van der Waals surface area contributed by atoms with Gasteiger partial charge < -0.3 is 14.8 Å². The molecule has 2 rings (SSSR count). The maximum absolute atomic E-state index is 12.6. The van der Waals surface area contributed by atoms with Crippen molar-refractivity contribution in [2.75, 3.05) is 26.6 Å². The zero-order valence-corrected chi connectivity index (χ0v) is 16.4. The summed E-state index contributed by atoms with van der Waals surface area (Å²) in [5.74, 6) is 1.12. The van der Waals surface area contributed by atoms with Crippen LogP contribution in [0.3, 0.4) is 0 Å². The Bertz CT molecular complexity index is 820. The van der Waals surface area contributed by atoms with E-state index in [1.807, 2.05) is 37.1 Å². The molecule has 0 aliphatic rings. The highest BCUT2D eigenvalue weighted by Gasteiger charge is 2.20. The molecule has 27 heavy (non-hydrogen) atoms. The van der Waals surface area contributed by atoms with Gasteiger partial charge in [0, 0.05) is 23.4 Å². The fraction of sp³-hybridized carbons (Fsp3) is 0.333. The van der Waals surface area contributed by atoms with Gasteiger partial charge in [-0.15, -0.1) is 0 Å². The molecule has 1 amide bonds. The molecule has 0 fully saturated rings. The third kappa shape index (κ3) is 5.08. The number of nitrogens with one attached hydrogen (secondary N) is 1. The van der Waals surface area contributed by atoms with Crippen molar-refractivity contribution in [3.8, 4) is 11.5 Å². The van der Waals surface area contributed by atoms with E-state index in [0.29, 0.717) is 29.3 Å². The number of anilines is 1. The molecule has 1 atom stereocenters. The summed E-state index contributed by atoms with van der Waals surface area (Å²) >= 11 is 0. The van der Waals surface area contributed by atoms with Gasteiger partial charge in [-0.3, -0.25) is 14.5 Å². The zero-order valence-electron chi connectivity index (χ0n) is 16.4. The highest BCUT2D eigenvalue weighted by molar-refractivity contribution is 5.98. The van der Waals surface area contributed by atoms with Gasteiger partial charge in [0.25, 0.3) is 0 Å². The largest absolute Gasteiger partial charge is 0.493 e. The Hall–Kier alpha value is -2.86. The quantitative estimate of drug-likeness (QED) is 0.722. The van der Waals surface area contributed by atoms with Crippen molar-refractivity contribution in [1.29, 1.82) is 0 Å². The molecule has 0 saturated carbocycles. The third-order valence-corrected chi connectivity index (χ3v) is 4.48. The molecule has 0 aliphatic heterocycles. The summed E-state index contributed by atoms with van der Waals surface area (Å²) in [6.45, 7) is 3.85. The van der Waals surface area contributed by atoms with Crippen LogP contribution in [0.1, 0.15) is 29.8 Å². The van der Waals surface area contributed by atoms with E-state index in [-0.39, 0.29) is 17.7 Å². The van der Waals surface area contributed by atoms with E-state index in [1.165, 1.54) is 6.92 Å². The van der Waals surface area contributed by atoms with Crippen LogP contribution in [0.5, 0.6) is 11.5 Å². The molecule has 0 spiro atoms. The maximum Gasteiger partial charge on any atom is 0.241 e. The minimum atomic E-state index is -0.387. The SMILES string of the molecule is COc1cccc(CN(C)[C@@H](C)C(=O)Nc2cccc(C(C)=O)c2)c1OC. The molecule has 144 valence electrons. The van der Waals surface area contributed by atoms with Crippen molar-refractivity contribution < 1.29 is 19.1 Å². The van der Waals surface area contributed by atoms with Gasteiger partial charge in [-0.1, -0.05) is 24.3 Å². The molecule has 0 radical (unpaired) electrons. The predicted octanol–water partition coefficient (Wildman–Crippen LogP) is 3.37. The van der Waals surface area contributed by atoms with Gasteiger partial charge in [0.15, 0.2) is 17.3 Å². The molecular weight excluding hydrogens is 344 g/mol. The summed E-state index contributed by atoms with van der Waals surface area (Å²) in [7, 11) is 5.06. The number of likely N-dealkylation sites (N-methyl/N-ethyl adjacent to an activating group) is 1. The summed E-state index contributed by atoms with van der Waals surface area (Å²) in [4.78, 5) is 26.0. The Morgan fingerprint density at radius 1 is 1.11 bits per heavy atom. The smallest absolute Gasteiger partial charge is 0.241 e. The Morgan fingerprint density at radius 2 is 1.81 bits per heavy atom. The summed E-state index contributed by atoms with van der Waals surface area (Å²) in [6.07, 6.45) is 0. The molecule has 0 saturated heterocycles. The number of hydrogen-bond acceptors (Lipinski definition) is 5. The van der Waals surface area contributed by atoms with E-state index >= 15 is 0 Å². The number of carbonyl (C=O) groups excluding carboxylic acids is 2. The maximum atomic E-state index is 12.6. The lowest BCUT2D eigenvalue weighted by Gasteiger charge is -2.25. The number of ether oxygens (including phenoxy) is 2. The number of amides is 1. The van der Waals surface area contributed by atoms with Crippen molar-refractivity contribution in [2.45, 2.75) is 26.4 Å². The molecule has 0 bridgehead atoms. The first-order valence-electron chi connectivity index (χ1n) is 8.69. The lowest BCUT2D eigenvalue weighted by Crippen LogP contribution is -2.39. The molecule has 0 heterocycles. The standard InChI is InChI=1S/C21H26N2O4/c1-14(21(25)22-18-10-6-8-16(12-18)15(2)24)23(3)13-17-9-7-11-19(26-4)20(17)27-5/h6-12,14H,13H2,1-5H3,(H,22,25)/t14-/m0/s1. The normalized spacial score (nSPS) is 11.8. The zero-order chi connectivity index (χ0) is 20.0. The van der Waals surface area contributed by atoms with Gasteiger partial charge in [-0.25, -0.2) is 0 Å². The van der Waals surface area contributed by atoms with Crippen molar-refractivity contribution in [2.24, 2.45) is 0 Å². The van der Waals surface area contributed by atoms with E-state index < -0.39 is 0 Å². The lowest BCUT2D eigenvalue weighted by atomic mass is 10.1. The second-order valence-corrected chi connectivity index (χ2v) is 6.37. The second kappa shape index (κ2) is 9.19. The fourth-order valence-corrected chi connectivity index (χ4v) is 2.75. The highest BCUT2D eigenvalue weighted by Crippen LogP contribution is 2.31. The Balaban J connectivity index is 2.09. The Kier molecular flexibility index (Phi) is 6.96. The first-order chi connectivity index (χ1) is 12.9. The van der Waals surface area contributed by atoms with E-state index in [4.69, 9.17) is 9.47 Å². The molecule has 6 heteroatoms. The Morgan fingerprint density at radius 3 is 2.44 bits per heavy atom. The number of hydrogen-bond donors (Lipinski definition) is 1. The molecule has 0 aliphatic carbocycles. The number of rotatable bonds is 8. The summed E-state index contributed by atoms with van der Waals surface area (Å²) in [5.41, 5.74) is 2.10. The lowest BCUT2D eigenvalue weighted by molar-refractivity contribution is -0.120. The first-order valence-corrected chi connectivity index (χ1v) is 8.69. The van der Waals surface area contributed by atoms with Crippen LogP contribution in [-0.2, 0) is 11.3 Å². The van der Waals surface area contributed by atoms with Crippen LogP contribution in [0.15, 0.2) is 42.5 Å². The van der Waals surface area contributed by atoms with Gasteiger partial charge >= 0.3 is 0 Å². The van der Waals surface area contributed by atoms with E-state index in [0.717, 1.165) is 5.56 Å². The molecule has 2 aromatic rings. The number of methoxy groups -OCH3 is 2. The monoisotopic (exact) mass is 370 g/mol. The average Bonchev–Trinajstić information content (AvgIpc) is 2.67. The topological polar surface area (TPSA) is 67.9 Å². The molecule has 1 N–H and O–H groups in total. The third-order valence-electron chi connectivity index (χ3n) is 4.48. The number of Topliss-reactive ketones (excluding diaryl/α,β-unsaturated/α-hetero) is 1. The van der Waals surface area contributed by atoms with Gasteiger partial charge in [0.1, 0.15) is 0 Å². The van der Waals surface area contributed by atoms with Gasteiger partial charge in [-0.2, -0.15) is 0 Å². The summed E-state index contributed by atoms with van der Waals surface area (Å²) in [6, 6.07) is 12.2. The van der Waals surface area contributed by atoms with Crippen molar-refractivity contribution in [3.05, 3.63) is 53.6 Å². The van der Waals surface area contributed by atoms with Crippen molar-refractivity contribution in [3.63, 3.8) is 0 Å². The van der Waals surface area contributed by atoms with Crippen molar-refractivity contribution in [1.82, 2.24) is 4.90 Å². The molecule has 0 aromatic heterocycles. The van der Waals surface area contributed by atoms with Crippen LogP contribution < -0.4 is 14.8 Å². The summed E-state index contributed by atoms with van der Waals surface area (Å²) in [5, 5.41) is 2.87. The van der Waals surface area contributed by atoms with Crippen LogP contribution >= 0.6 is 0 Å². The predicted molar refractivity (Wildman–Crippen MR) is 106 cm³/mol. The van der Waals surface area contributed by atoms with Crippen LogP contribution in [0.4, 0.5) is 5.69 Å². The molecule has 6 nitrogen and oxygen atoms in total. The van der Waals surface area contributed by atoms with E-state index in [9.17, 15) is 9.59 Å². The number of carbonyl (C=O) groups is 2. The van der Waals surface area contributed by atoms with Crippen LogP contribution in [0.2, 0.25) is 0 Å². The fourth-order valence-electron chi connectivity index (χ4n) is 2.75. The van der Waals surface area contributed by atoms with Gasteiger partial charge in [0.05, 0.1) is 20.3 Å². The molecule has 0 unspecified atom stereocenters. The first kappa shape index (κ1) is 20.5. The van der Waals surface area contributed by atoms with Crippen LogP contribution in [-0.4, -0.2) is 43.9 Å². The van der Waals surface area contributed by atoms with E-state index in [1.54, 1.807) is 38.5 Å². The van der Waals surface area contributed by atoms with Gasteiger partial charge in [0.2, 0.25) is 5.91 Å². The molecule has 2 aromatic carbocycles. The van der Waals surface area contributed by atoms with Crippen molar-refractivity contribution >= 4 is 17.4 Å². The number of para-hydroxylation sites is 1. The Labute approximate surface area is 160 Å². The minimum absolute atomic E-state index is 0.0404. The van der Waals surface area contributed by atoms with E-state index in [2.05, 4.69) is 5.32 Å². The number of nitrogens with zero attached hydrogens (tertiary/aromatic N) is 1. The summed E-state index contributed by atoms with van der Waals surface area (Å²) < 4.78 is 10.8. The average molecular weight is 370 g/mol. The van der Waals surface area contributed by atoms with Crippen LogP contribution in [0.25, 0.3) is 0 Å². The molecular formula is C21H26N2O4.